The zero-order valence-corrected chi connectivity index (χ0v) is 30.7. The maximum absolute atomic E-state index is 14.3. The number of hydrogen-bond donors (Lipinski definition) is 1. The van der Waals surface area contributed by atoms with Crippen molar-refractivity contribution in [1.82, 2.24) is 10.2 Å². The van der Waals surface area contributed by atoms with Crippen molar-refractivity contribution in [3.63, 3.8) is 0 Å². The van der Waals surface area contributed by atoms with Crippen LogP contribution < -0.4 is 5.32 Å². The largest absolute Gasteiger partial charge is 0.409 e. The van der Waals surface area contributed by atoms with Crippen molar-refractivity contribution in [3.05, 3.63) is 108 Å². The minimum atomic E-state index is -2.32. The highest BCUT2D eigenvalue weighted by molar-refractivity contribution is 6.74. The summed E-state index contributed by atoms with van der Waals surface area (Å²) in [6, 6.07) is 30.1. The lowest BCUT2D eigenvalue weighted by Crippen LogP contribution is -2.71. The van der Waals surface area contributed by atoms with Gasteiger partial charge in [0.2, 0.25) is 5.91 Å². The van der Waals surface area contributed by atoms with E-state index >= 15 is 0 Å². The lowest BCUT2D eigenvalue weighted by Gasteiger charge is -2.49. The highest BCUT2D eigenvalue weighted by Crippen LogP contribution is 2.44. The first-order chi connectivity index (χ1) is 22.2. The molecule has 2 fully saturated rings. The van der Waals surface area contributed by atoms with E-state index in [1.165, 1.54) is 0 Å². The predicted octanol–water partition coefficient (Wildman–Crippen LogP) is 7.11. The summed E-state index contributed by atoms with van der Waals surface area (Å²) in [4.78, 5) is 16.2. The van der Waals surface area contributed by atoms with Crippen LogP contribution in [0.5, 0.6) is 0 Å². The second kappa shape index (κ2) is 13.9. The van der Waals surface area contributed by atoms with Gasteiger partial charge < -0.3 is 23.5 Å². The number of nitrogens with one attached hydrogen (secondary N) is 1. The summed E-state index contributed by atoms with van der Waals surface area (Å²) in [5.74, 6) is -0.844. The van der Waals surface area contributed by atoms with Crippen LogP contribution in [0.25, 0.3) is 0 Å². The van der Waals surface area contributed by atoms with Gasteiger partial charge in [-0.25, -0.2) is 0 Å². The van der Waals surface area contributed by atoms with E-state index < -0.39 is 44.1 Å². The Balaban J connectivity index is 1.59. The SMILES string of the molecule is CCN(CC)C(=O)[C@@H]1N[C@@H](COC(c2ccccc2)(c2ccccc2)c2ccccc2)[C@H]2OC(C)(C)O[C@H]2[C@H]1O[Si](C)(C)C(C)(C)C. The first-order valence-electron chi connectivity index (χ1n) is 17.1. The van der Waals surface area contributed by atoms with Crippen molar-refractivity contribution in [2.45, 2.75) is 108 Å². The van der Waals surface area contributed by atoms with E-state index in [1.807, 2.05) is 87.2 Å². The molecule has 0 saturated carbocycles. The molecule has 3 aromatic carbocycles. The zero-order valence-electron chi connectivity index (χ0n) is 29.7. The Labute approximate surface area is 283 Å². The molecule has 1 N–H and O–H groups in total. The molecule has 0 aromatic heterocycles. The summed E-state index contributed by atoms with van der Waals surface area (Å²) < 4.78 is 27.7. The number of rotatable bonds is 11. The van der Waals surface area contributed by atoms with E-state index in [0.717, 1.165) is 16.7 Å². The molecule has 7 nitrogen and oxygen atoms in total. The standard InChI is InChI=1S/C39H54N2O5Si/c1-10-41(11-2)36(42)32-34(46-47(8,9)37(3,4)5)35-33(44-38(6,7)45-35)31(40-32)27-43-39(28-21-15-12-16-22-28,29-23-17-13-18-24-29)30-25-19-14-20-26-30/h12-26,31-35,40H,10-11,27H2,1-9H3/t31-,32+,33+,34-,35+/m0/s1. The van der Waals surface area contributed by atoms with Gasteiger partial charge in [-0.1, -0.05) is 112 Å². The van der Waals surface area contributed by atoms with Crippen molar-refractivity contribution in [1.29, 1.82) is 0 Å². The monoisotopic (exact) mass is 658 g/mol. The van der Waals surface area contributed by atoms with Crippen LogP contribution in [-0.4, -0.2) is 75.0 Å². The molecule has 2 aliphatic heterocycles. The number of likely N-dealkylation sites (N-methyl/N-ethyl adjacent to an activating group) is 1. The van der Waals surface area contributed by atoms with Gasteiger partial charge in [-0.3, -0.25) is 10.1 Å². The number of carbonyl (C=O) groups excluding carboxylic acids is 1. The molecule has 5 atom stereocenters. The van der Waals surface area contributed by atoms with Gasteiger partial charge in [0.05, 0.1) is 18.8 Å². The third-order valence-corrected chi connectivity index (χ3v) is 14.7. The van der Waals surface area contributed by atoms with Crippen LogP contribution in [0.15, 0.2) is 91.0 Å². The Morgan fingerprint density at radius 1 is 0.809 bits per heavy atom. The Bertz CT molecular complexity index is 1360. The molecule has 47 heavy (non-hydrogen) atoms. The van der Waals surface area contributed by atoms with Crippen molar-refractivity contribution in [2.24, 2.45) is 0 Å². The molecule has 254 valence electrons. The third kappa shape index (κ3) is 7.14. The molecular weight excluding hydrogens is 605 g/mol. The average Bonchev–Trinajstić information content (AvgIpc) is 3.39. The van der Waals surface area contributed by atoms with Gasteiger partial charge in [0.1, 0.15) is 23.9 Å². The fourth-order valence-electron chi connectivity index (χ4n) is 6.71. The number of fused-ring (bicyclic) bond motifs is 1. The molecule has 8 heteroatoms. The maximum Gasteiger partial charge on any atom is 0.242 e. The van der Waals surface area contributed by atoms with Gasteiger partial charge >= 0.3 is 0 Å². The topological polar surface area (TPSA) is 69.3 Å². The van der Waals surface area contributed by atoms with Crippen LogP contribution in [0.4, 0.5) is 0 Å². The van der Waals surface area contributed by atoms with Gasteiger partial charge in [-0.2, -0.15) is 0 Å². The predicted molar refractivity (Wildman–Crippen MR) is 190 cm³/mol. The third-order valence-electron chi connectivity index (χ3n) is 10.2. The molecule has 2 heterocycles. The fraction of sp³-hybridized carbons (Fsp3) is 0.513. The van der Waals surface area contributed by atoms with E-state index in [-0.39, 0.29) is 23.6 Å². The van der Waals surface area contributed by atoms with Gasteiger partial charge in [-0.05, 0) is 62.5 Å². The highest BCUT2D eigenvalue weighted by Gasteiger charge is 2.59. The summed E-state index contributed by atoms with van der Waals surface area (Å²) in [7, 11) is -2.32. The molecule has 0 unspecified atom stereocenters. The van der Waals surface area contributed by atoms with Crippen LogP contribution >= 0.6 is 0 Å². The summed E-state index contributed by atoms with van der Waals surface area (Å²) in [5, 5.41) is 3.68. The first kappa shape index (κ1) is 35.5. The van der Waals surface area contributed by atoms with Crippen LogP contribution in [0.3, 0.4) is 0 Å². The van der Waals surface area contributed by atoms with Crippen LogP contribution in [0.2, 0.25) is 18.1 Å². The lowest BCUT2D eigenvalue weighted by atomic mass is 9.80. The molecule has 2 aliphatic rings. The van der Waals surface area contributed by atoms with Crippen LogP contribution in [0.1, 0.15) is 65.2 Å². The van der Waals surface area contributed by atoms with E-state index in [9.17, 15) is 4.79 Å². The summed E-state index contributed by atoms with van der Waals surface area (Å²) in [5.41, 5.74) is 2.14. The lowest BCUT2D eigenvalue weighted by molar-refractivity contribution is -0.156. The first-order valence-corrected chi connectivity index (χ1v) is 20.0. The number of carbonyl (C=O) groups is 1. The quantitative estimate of drug-likeness (QED) is 0.175. The number of amides is 1. The number of nitrogens with zero attached hydrogens (tertiary/aromatic N) is 1. The second-order valence-electron chi connectivity index (χ2n) is 14.8. The summed E-state index contributed by atoms with van der Waals surface area (Å²) in [6.45, 7) is 20.5. The Kier molecular flexibility index (Phi) is 10.5. The zero-order chi connectivity index (χ0) is 34.0. The van der Waals surface area contributed by atoms with Crippen molar-refractivity contribution >= 4 is 14.2 Å². The van der Waals surface area contributed by atoms with Crippen LogP contribution in [-0.2, 0) is 29.0 Å². The Morgan fingerprint density at radius 3 is 1.68 bits per heavy atom. The van der Waals surface area contributed by atoms with E-state index in [0.29, 0.717) is 13.1 Å². The molecule has 0 spiro atoms. The minimum Gasteiger partial charge on any atom is -0.409 e. The molecular formula is C39H54N2O5Si. The van der Waals surface area contributed by atoms with Gasteiger partial charge in [-0.15, -0.1) is 0 Å². The van der Waals surface area contributed by atoms with E-state index in [2.05, 4.69) is 75.6 Å². The molecule has 0 aliphatic carbocycles. The number of hydrogen-bond acceptors (Lipinski definition) is 6. The number of benzene rings is 3. The van der Waals surface area contributed by atoms with Gasteiger partial charge in [0, 0.05) is 13.1 Å². The Morgan fingerprint density at radius 2 is 1.26 bits per heavy atom. The molecule has 5 rings (SSSR count). The normalized spacial score (nSPS) is 24.5. The molecule has 0 radical (unpaired) electrons. The molecule has 2 saturated heterocycles. The number of ether oxygens (including phenoxy) is 3. The van der Waals surface area contributed by atoms with Gasteiger partial charge in [0.15, 0.2) is 14.1 Å². The second-order valence-corrected chi connectivity index (χ2v) is 19.5. The summed E-state index contributed by atoms with van der Waals surface area (Å²) in [6.07, 6.45) is -1.38. The van der Waals surface area contributed by atoms with Crippen molar-refractivity contribution in [3.8, 4) is 0 Å². The minimum absolute atomic E-state index is 0.0101. The maximum atomic E-state index is 14.3. The van der Waals surface area contributed by atoms with Crippen molar-refractivity contribution < 1.29 is 23.4 Å². The molecule has 1 amide bonds. The van der Waals surface area contributed by atoms with E-state index in [1.54, 1.807) is 0 Å². The molecule has 3 aromatic rings. The van der Waals surface area contributed by atoms with E-state index in [4.69, 9.17) is 18.6 Å². The smallest absolute Gasteiger partial charge is 0.242 e. The Hall–Kier alpha value is -2.85. The highest BCUT2D eigenvalue weighted by atomic mass is 28.4. The average molecular weight is 659 g/mol. The number of piperidine rings is 1. The van der Waals surface area contributed by atoms with Crippen LogP contribution in [0, 0.1) is 0 Å². The summed E-state index contributed by atoms with van der Waals surface area (Å²) >= 11 is 0. The fourth-order valence-corrected chi connectivity index (χ4v) is 8.02. The van der Waals surface area contributed by atoms with Crippen molar-refractivity contribution in [2.75, 3.05) is 19.7 Å². The van der Waals surface area contributed by atoms with Gasteiger partial charge in [0.25, 0.3) is 0 Å². The molecule has 0 bridgehead atoms.